The summed E-state index contributed by atoms with van der Waals surface area (Å²) >= 11 is 6.00. The first-order valence-electron chi connectivity index (χ1n) is 10.8. The van der Waals surface area contributed by atoms with E-state index in [4.69, 9.17) is 31.7 Å². The third kappa shape index (κ3) is 5.02. The predicted octanol–water partition coefficient (Wildman–Crippen LogP) is -3.97. The normalized spacial score (nSPS) is 23.8. The molecule has 16 N–H and O–H groups in total. The van der Waals surface area contributed by atoms with Crippen LogP contribution in [0.4, 0.5) is 0 Å². The number of hydrogen-bond donors (Lipinski definition) is 16. The summed E-state index contributed by atoms with van der Waals surface area (Å²) < 4.78 is 9.38. The largest absolute Gasteiger partial charge is 0.507 e. The van der Waals surface area contributed by atoms with Crippen molar-refractivity contribution in [2.24, 2.45) is 0 Å². The molecule has 0 aliphatic carbocycles. The van der Waals surface area contributed by atoms with Crippen LogP contribution in [-0.2, 0) is 11.2 Å². The molecule has 1 saturated heterocycles. The number of aliphatic hydroxyl groups excluding tert-OH is 4. The van der Waals surface area contributed by atoms with E-state index in [0.717, 1.165) is 0 Å². The molecule has 5 atom stereocenters. The van der Waals surface area contributed by atoms with Crippen LogP contribution in [0.25, 0.3) is 0 Å². The van der Waals surface area contributed by atoms with Crippen molar-refractivity contribution in [3.8, 4) is 46.0 Å². The van der Waals surface area contributed by atoms with Crippen molar-refractivity contribution in [2.75, 3.05) is 6.61 Å². The van der Waals surface area contributed by atoms with E-state index in [1.54, 1.807) is 0 Å². The Hall–Kier alpha value is -3.27. The summed E-state index contributed by atoms with van der Waals surface area (Å²) in [5, 5.41) is 158. The fourth-order valence-corrected chi connectivity index (χ4v) is 4.15. The molecule has 19 heteroatoms. The third-order valence-corrected chi connectivity index (χ3v) is 6.56. The summed E-state index contributed by atoms with van der Waals surface area (Å²) in [7, 11) is 0. The van der Waals surface area contributed by atoms with Gasteiger partial charge in [0, 0.05) is 17.5 Å². The van der Waals surface area contributed by atoms with Crippen LogP contribution in [0.2, 0.25) is 5.02 Å². The molecular weight excluding hydrogens is 576 g/mol. The van der Waals surface area contributed by atoms with Gasteiger partial charge in [-0.25, -0.2) is 0 Å². The highest BCUT2D eigenvalue weighted by Crippen LogP contribution is 2.56. The summed E-state index contributed by atoms with van der Waals surface area (Å²) in [6.45, 7) is -0.906. The van der Waals surface area contributed by atoms with Crippen molar-refractivity contribution in [1.82, 2.24) is 0 Å². The lowest BCUT2D eigenvalue weighted by molar-refractivity contribution is -0.502. The average Bonchev–Trinajstić information content (AvgIpc) is 2.87. The molecule has 2 aromatic rings. The summed E-state index contributed by atoms with van der Waals surface area (Å²) in [6, 6.07) is 0. The van der Waals surface area contributed by atoms with Gasteiger partial charge < -0.3 is 91.2 Å². The molecule has 1 aliphatic heterocycles. The first kappa shape index (κ1) is 31.3. The van der Waals surface area contributed by atoms with Gasteiger partial charge in [-0.15, -0.1) is 0 Å². The molecule has 0 bridgehead atoms. The van der Waals surface area contributed by atoms with Crippen molar-refractivity contribution in [2.45, 2.75) is 48.9 Å². The van der Waals surface area contributed by atoms with E-state index in [2.05, 4.69) is 4.74 Å². The Bertz CT molecular complexity index is 1260. The van der Waals surface area contributed by atoms with E-state index >= 15 is 0 Å². The first-order valence-corrected chi connectivity index (χ1v) is 11.2. The van der Waals surface area contributed by atoms with E-state index in [1.807, 2.05) is 0 Å². The maximum atomic E-state index is 10.9. The van der Waals surface area contributed by atoms with Gasteiger partial charge in [-0.1, -0.05) is 11.6 Å². The van der Waals surface area contributed by atoms with Gasteiger partial charge in [-0.2, -0.15) is 0 Å². The summed E-state index contributed by atoms with van der Waals surface area (Å²) in [6.07, 6.45) is -10.4. The zero-order chi connectivity index (χ0) is 30.6. The second-order valence-electron chi connectivity index (χ2n) is 8.73. The minimum absolute atomic E-state index is 0.694. The van der Waals surface area contributed by atoms with Crippen LogP contribution in [0.5, 0.6) is 46.0 Å². The topological polar surface area (TPSA) is 342 Å². The van der Waals surface area contributed by atoms with Crippen molar-refractivity contribution in [1.29, 1.82) is 0 Å². The fraction of sp³-hybridized carbons (Fsp3) is 0.429. The van der Waals surface area contributed by atoms with Crippen LogP contribution in [0.1, 0.15) is 22.8 Å². The molecule has 5 unspecified atom stereocenters. The molecule has 1 aliphatic rings. The van der Waals surface area contributed by atoms with Crippen LogP contribution in [0.3, 0.4) is 0 Å². The maximum Gasteiger partial charge on any atom is 0.409 e. The van der Waals surface area contributed by atoms with Crippen molar-refractivity contribution in [3.05, 3.63) is 21.7 Å². The van der Waals surface area contributed by atoms with Gasteiger partial charge in [0.2, 0.25) is 17.2 Å². The van der Waals surface area contributed by atoms with E-state index in [9.17, 15) is 66.4 Å². The van der Waals surface area contributed by atoms with Crippen LogP contribution >= 0.6 is 11.6 Å². The zero-order valence-corrected chi connectivity index (χ0v) is 20.4. The Kier molecular flexibility index (Phi) is 8.29. The lowest BCUT2D eigenvalue weighted by Crippen LogP contribution is -2.58. The quantitative estimate of drug-likeness (QED) is 0.0817. The van der Waals surface area contributed by atoms with Gasteiger partial charge >= 0.3 is 11.9 Å². The number of hydrogen-bond acceptors (Lipinski definition) is 18. The van der Waals surface area contributed by atoms with Gasteiger partial charge in [0.15, 0.2) is 23.0 Å². The van der Waals surface area contributed by atoms with E-state index < -0.39 is 123 Å². The monoisotopic (exact) mass is 600 g/mol. The first-order chi connectivity index (χ1) is 18.3. The highest BCUT2D eigenvalue weighted by Gasteiger charge is 2.51. The maximum absolute atomic E-state index is 10.9. The molecule has 1 fully saturated rings. The number of aliphatic hydroxyl groups is 9. The molecule has 0 spiro atoms. The van der Waals surface area contributed by atoms with Gasteiger partial charge in [0.1, 0.15) is 36.3 Å². The van der Waals surface area contributed by atoms with Gasteiger partial charge in [0.25, 0.3) is 0 Å². The minimum Gasteiger partial charge on any atom is -0.507 e. The van der Waals surface area contributed by atoms with Crippen molar-refractivity contribution >= 4 is 11.6 Å². The minimum atomic E-state index is -4.42. The number of rotatable bonds is 7. The number of ether oxygens (including phenoxy) is 2. The molecule has 0 radical (unpaired) electrons. The number of halogens is 1. The lowest BCUT2D eigenvalue weighted by atomic mass is 9.88. The van der Waals surface area contributed by atoms with Gasteiger partial charge in [0.05, 0.1) is 17.2 Å². The number of aromatic hydroxyl groups is 7. The molecule has 1 heterocycles. The number of benzene rings is 2. The van der Waals surface area contributed by atoms with Crippen molar-refractivity contribution in [3.63, 3.8) is 0 Å². The predicted molar refractivity (Wildman–Crippen MR) is 122 cm³/mol. The Balaban J connectivity index is 2.16. The molecule has 18 nitrogen and oxygen atoms in total. The van der Waals surface area contributed by atoms with E-state index in [-0.39, 0.29) is 0 Å². The molecule has 3 rings (SSSR count). The summed E-state index contributed by atoms with van der Waals surface area (Å²) in [5.74, 6) is -19.9. The smallest absolute Gasteiger partial charge is 0.409 e. The second-order valence-corrected chi connectivity index (χ2v) is 9.10. The van der Waals surface area contributed by atoms with Gasteiger partial charge in [-0.05, 0) is 0 Å². The molecule has 224 valence electrons. The van der Waals surface area contributed by atoms with E-state index in [0.29, 0.717) is 0 Å². The molecule has 0 amide bonds. The van der Waals surface area contributed by atoms with Crippen LogP contribution in [0, 0.1) is 0 Å². The molecule has 0 saturated carbocycles. The van der Waals surface area contributed by atoms with Crippen LogP contribution in [0.15, 0.2) is 0 Å². The zero-order valence-electron chi connectivity index (χ0n) is 19.7. The third-order valence-electron chi connectivity index (χ3n) is 6.16. The molecule has 40 heavy (non-hydrogen) atoms. The standard InChI is InChI=1S/C21H25ClO18/c22-7-3(1-4-9(25)15(31)19(16(32)10(4)26)40-21(37,38)20(34,35)36)8(24)6(12(28)13(7)29)18-17(33)14(30)11(27)5(2-23)39-18/h5,11,14,17-18,23-38H,1-2H2. The number of phenols is 7. The Labute approximate surface area is 226 Å². The molecule has 2 aromatic carbocycles. The number of phenolic OH excluding ortho intramolecular Hbond substituents is 7. The highest BCUT2D eigenvalue weighted by molar-refractivity contribution is 6.33. The lowest BCUT2D eigenvalue weighted by Gasteiger charge is -2.40. The van der Waals surface area contributed by atoms with Crippen LogP contribution in [-0.4, -0.2) is 125 Å². The summed E-state index contributed by atoms with van der Waals surface area (Å²) in [4.78, 5) is 0. The van der Waals surface area contributed by atoms with Crippen molar-refractivity contribution < 1.29 is 91.2 Å². The molecular formula is C21H25ClO18. The highest BCUT2D eigenvalue weighted by atomic mass is 35.5. The van der Waals surface area contributed by atoms with Crippen LogP contribution < -0.4 is 4.74 Å². The van der Waals surface area contributed by atoms with E-state index in [1.165, 1.54) is 0 Å². The van der Waals surface area contributed by atoms with Gasteiger partial charge in [-0.3, -0.25) is 0 Å². The SMILES string of the molecule is OCC1OC(c2c(O)c(O)c(Cl)c(Cc3c(O)c(O)c(OC(O)(O)C(O)(O)O)c(O)c3O)c2O)C(O)C(O)C1O. The molecule has 0 aromatic heterocycles. The Morgan fingerprint density at radius 1 is 0.675 bits per heavy atom. The second kappa shape index (κ2) is 10.6. The Morgan fingerprint density at radius 3 is 1.68 bits per heavy atom. The fourth-order valence-electron chi connectivity index (χ4n) is 3.90. The summed E-state index contributed by atoms with van der Waals surface area (Å²) in [5.41, 5.74) is -2.47. The average molecular weight is 601 g/mol. The Morgan fingerprint density at radius 2 is 1.20 bits per heavy atom.